The van der Waals surface area contributed by atoms with E-state index in [1.54, 1.807) is 5.12 Å². The van der Waals surface area contributed by atoms with Crippen LogP contribution in [-0.2, 0) is 0 Å². The lowest BCUT2D eigenvalue weighted by Crippen LogP contribution is -2.45. The highest BCUT2D eigenvalue weighted by molar-refractivity contribution is 7.96. The second-order valence-electron chi connectivity index (χ2n) is 3.61. The average Bonchev–Trinajstić information content (AvgIpc) is 2.62. The summed E-state index contributed by atoms with van der Waals surface area (Å²) in [5, 5.41) is 8.57. The van der Waals surface area contributed by atoms with Gasteiger partial charge in [0.1, 0.15) is 0 Å². The molecule has 0 saturated carbocycles. The second kappa shape index (κ2) is 4.12. The minimum absolute atomic E-state index is 0.315. The van der Waals surface area contributed by atoms with E-state index in [2.05, 4.69) is 37.1 Å². The summed E-state index contributed by atoms with van der Waals surface area (Å²) in [6.07, 6.45) is 0. The zero-order valence-electron chi connectivity index (χ0n) is 8.75. The van der Waals surface area contributed by atoms with E-state index in [0.717, 1.165) is 5.69 Å². The van der Waals surface area contributed by atoms with Gasteiger partial charge in [-0.15, -0.1) is 23.3 Å². The molecule has 0 atom stereocenters. The Kier molecular flexibility index (Phi) is 2.83. The smallest absolute Gasteiger partial charge is 0.198 e. The first-order valence-corrected chi connectivity index (χ1v) is 5.31. The molecule has 4 nitrogen and oxygen atoms in total. The van der Waals surface area contributed by atoms with Crippen molar-refractivity contribution in [2.24, 2.45) is 5.10 Å². The molecule has 80 valence electrons. The molecule has 5 heteroatoms. The predicted octanol–water partition coefficient (Wildman–Crippen LogP) is 1.84. The van der Waals surface area contributed by atoms with Gasteiger partial charge in [0.15, 0.2) is 5.17 Å². The monoisotopic (exact) mass is 222 g/mol. The molecule has 0 amide bonds. The fraction of sp³-hybridized carbons (Fsp3) is 0.300. The van der Waals surface area contributed by atoms with Gasteiger partial charge in [-0.1, -0.05) is 18.2 Å². The van der Waals surface area contributed by atoms with Crippen molar-refractivity contribution in [1.29, 1.82) is 0 Å². The van der Waals surface area contributed by atoms with E-state index in [0.29, 0.717) is 11.2 Å². The quantitative estimate of drug-likeness (QED) is 0.749. The number of nitrogens with one attached hydrogen (secondary N) is 1. The van der Waals surface area contributed by atoms with Gasteiger partial charge in [0.25, 0.3) is 0 Å². The summed E-state index contributed by atoms with van der Waals surface area (Å²) in [6, 6.07) is 10.2. The van der Waals surface area contributed by atoms with E-state index in [4.69, 9.17) is 0 Å². The van der Waals surface area contributed by atoms with E-state index in [9.17, 15) is 0 Å². The Bertz CT molecular complexity index is 363. The van der Waals surface area contributed by atoms with Crippen molar-refractivity contribution >= 4 is 23.5 Å². The molecule has 1 N–H and O–H groups in total. The van der Waals surface area contributed by atoms with Crippen LogP contribution in [0.2, 0.25) is 0 Å². The van der Waals surface area contributed by atoms with Gasteiger partial charge in [0.05, 0.1) is 5.69 Å². The van der Waals surface area contributed by atoms with E-state index < -0.39 is 0 Å². The fourth-order valence-electron chi connectivity index (χ4n) is 1.34. The summed E-state index contributed by atoms with van der Waals surface area (Å²) >= 11 is 4.31. The van der Waals surface area contributed by atoms with Gasteiger partial charge in [-0.25, -0.2) is 0 Å². The fourth-order valence-corrected chi connectivity index (χ4v) is 1.70. The van der Waals surface area contributed by atoms with E-state index in [1.165, 1.54) is 0 Å². The lowest BCUT2D eigenvalue weighted by atomic mass is 10.3. The lowest BCUT2D eigenvalue weighted by Gasteiger charge is -2.23. The van der Waals surface area contributed by atoms with E-state index in [1.807, 2.05) is 35.3 Å². The number of amidine groups is 1. The molecule has 0 bridgehead atoms. The number of rotatable bonds is 2. The SMILES string of the molecule is CC(C)N1NN(c2ccccc2)N=C1S. The molecular formula is C10H14N4S. The second-order valence-corrected chi connectivity index (χ2v) is 4.01. The molecule has 1 aliphatic heterocycles. The third kappa shape index (κ3) is 2.08. The number of thiol groups is 1. The van der Waals surface area contributed by atoms with E-state index in [-0.39, 0.29) is 0 Å². The normalized spacial score (nSPS) is 16.1. The van der Waals surface area contributed by atoms with Crippen LogP contribution in [0.15, 0.2) is 35.4 Å². The van der Waals surface area contributed by atoms with Crippen LogP contribution >= 0.6 is 12.6 Å². The van der Waals surface area contributed by atoms with Crippen molar-refractivity contribution in [1.82, 2.24) is 10.5 Å². The molecule has 1 heterocycles. The topological polar surface area (TPSA) is 30.9 Å². The largest absolute Gasteiger partial charge is 0.263 e. The molecule has 1 aliphatic rings. The maximum Gasteiger partial charge on any atom is 0.198 e. The molecule has 1 aromatic rings. The van der Waals surface area contributed by atoms with Crippen molar-refractivity contribution in [3.05, 3.63) is 30.3 Å². The van der Waals surface area contributed by atoms with Crippen LogP contribution in [0.25, 0.3) is 0 Å². The highest BCUT2D eigenvalue weighted by Crippen LogP contribution is 2.17. The van der Waals surface area contributed by atoms with Crippen molar-refractivity contribution in [2.75, 3.05) is 5.12 Å². The first kappa shape index (κ1) is 10.3. The van der Waals surface area contributed by atoms with Crippen LogP contribution in [-0.4, -0.2) is 16.2 Å². The number of hydrazone groups is 1. The maximum atomic E-state index is 4.31. The van der Waals surface area contributed by atoms with Crippen LogP contribution in [0.3, 0.4) is 0 Å². The summed E-state index contributed by atoms with van der Waals surface area (Å²) in [5.41, 5.74) is 4.14. The summed E-state index contributed by atoms with van der Waals surface area (Å²) in [6.45, 7) is 4.15. The van der Waals surface area contributed by atoms with Gasteiger partial charge in [0, 0.05) is 6.04 Å². The Morgan fingerprint density at radius 1 is 1.27 bits per heavy atom. The average molecular weight is 222 g/mol. The highest BCUT2D eigenvalue weighted by Gasteiger charge is 2.22. The predicted molar refractivity (Wildman–Crippen MR) is 65.5 cm³/mol. The molecular weight excluding hydrogens is 208 g/mol. The van der Waals surface area contributed by atoms with Gasteiger partial charge in [-0.05, 0) is 26.0 Å². The third-order valence-corrected chi connectivity index (χ3v) is 2.43. The van der Waals surface area contributed by atoms with Crippen LogP contribution in [0.1, 0.15) is 13.8 Å². The molecule has 0 aromatic heterocycles. The Labute approximate surface area is 94.9 Å². The number of hydrazine groups is 2. The molecule has 0 saturated heterocycles. The van der Waals surface area contributed by atoms with Crippen molar-refractivity contribution < 1.29 is 0 Å². The molecule has 0 fully saturated rings. The first-order chi connectivity index (χ1) is 7.18. The number of anilines is 1. The number of hydrogen-bond donors (Lipinski definition) is 2. The summed E-state index contributed by atoms with van der Waals surface area (Å²) in [5.74, 6) is 0. The Hall–Kier alpha value is -1.20. The highest BCUT2D eigenvalue weighted by atomic mass is 32.1. The Morgan fingerprint density at radius 3 is 2.47 bits per heavy atom. The Balaban J connectivity index is 2.17. The minimum Gasteiger partial charge on any atom is -0.263 e. The minimum atomic E-state index is 0.315. The number of hydrogen-bond acceptors (Lipinski definition) is 4. The third-order valence-electron chi connectivity index (χ3n) is 2.12. The Morgan fingerprint density at radius 2 is 1.93 bits per heavy atom. The van der Waals surface area contributed by atoms with Crippen molar-refractivity contribution in [3.8, 4) is 0 Å². The lowest BCUT2D eigenvalue weighted by molar-refractivity contribution is 0.276. The summed E-state index contributed by atoms with van der Waals surface area (Å²) in [7, 11) is 0. The van der Waals surface area contributed by atoms with Gasteiger partial charge < -0.3 is 0 Å². The first-order valence-electron chi connectivity index (χ1n) is 4.87. The summed E-state index contributed by atoms with van der Waals surface area (Å²) < 4.78 is 0. The van der Waals surface area contributed by atoms with Gasteiger partial charge >= 0.3 is 0 Å². The van der Waals surface area contributed by atoms with Crippen LogP contribution in [0, 0.1) is 0 Å². The molecule has 0 aliphatic carbocycles. The molecule has 1 aromatic carbocycles. The molecule has 2 rings (SSSR count). The van der Waals surface area contributed by atoms with E-state index >= 15 is 0 Å². The van der Waals surface area contributed by atoms with Gasteiger partial charge in [0.2, 0.25) is 0 Å². The number of para-hydroxylation sites is 1. The summed E-state index contributed by atoms with van der Waals surface area (Å²) in [4.78, 5) is 0. The van der Waals surface area contributed by atoms with Crippen LogP contribution in [0.5, 0.6) is 0 Å². The van der Waals surface area contributed by atoms with Crippen LogP contribution in [0.4, 0.5) is 5.69 Å². The van der Waals surface area contributed by atoms with Crippen LogP contribution < -0.4 is 10.7 Å². The van der Waals surface area contributed by atoms with Gasteiger partial charge in [-0.3, -0.25) is 5.01 Å². The molecule has 0 radical (unpaired) electrons. The number of nitrogens with zero attached hydrogens (tertiary/aromatic N) is 3. The number of benzene rings is 1. The molecule has 0 unspecified atom stereocenters. The van der Waals surface area contributed by atoms with Crippen molar-refractivity contribution in [3.63, 3.8) is 0 Å². The zero-order chi connectivity index (χ0) is 10.8. The van der Waals surface area contributed by atoms with Gasteiger partial charge in [-0.2, -0.15) is 5.12 Å². The molecule has 0 spiro atoms. The zero-order valence-corrected chi connectivity index (χ0v) is 9.65. The standard InChI is InChI=1S/C10H14N4S/c1-8(2)13-10(15)11-14(12-13)9-6-4-3-5-7-9/h3-8,12H,1-2H3,(H,11,15). The maximum absolute atomic E-state index is 4.31. The molecule has 15 heavy (non-hydrogen) atoms. The van der Waals surface area contributed by atoms with Crippen molar-refractivity contribution in [2.45, 2.75) is 19.9 Å².